The predicted molar refractivity (Wildman–Crippen MR) is 105 cm³/mol. The number of guanidine groups is 1. The van der Waals surface area contributed by atoms with Crippen molar-refractivity contribution < 1.29 is 9.47 Å². The lowest BCUT2D eigenvalue weighted by Gasteiger charge is -2.29. The third kappa shape index (κ3) is 8.12. The molecule has 25 heavy (non-hydrogen) atoms. The maximum Gasteiger partial charge on any atom is 0.191 e. The second kappa shape index (κ2) is 10.1. The van der Waals surface area contributed by atoms with Crippen LogP contribution in [0.1, 0.15) is 20.8 Å². The lowest BCUT2D eigenvalue weighted by Crippen LogP contribution is -2.46. The molecule has 0 aliphatic heterocycles. The minimum atomic E-state index is -0.0235. The summed E-state index contributed by atoms with van der Waals surface area (Å²) in [5.74, 6) is 2.26. The molecule has 1 rings (SSSR count). The van der Waals surface area contributed by atoms with Crippen LogP contribution in [0.3, 0.4) is 0 Å². The fourth-order valence-corrected chi connectivity index (χ4v) is 2.67. The summed E-state index contributed by atoms with van der Waals surface area (Å²) < 4.78 is 11.3. The summed E-state index contributed by atoms with van der Waals surface area (Å²) in [6.07, 6.45) is -0.0235. The van der Waals surface area contributed by atoms with Gasteiger partial charge in [0, 0.05) is 20.1 Å². The molecule has 1 atom stereocenters. The number of hydrogen-bond acceptors (Lipinski definition) is 4. The van der Waals surface area contributed by atoms with Crippen molar-refractivity contribution in [2.75, 3.05) is 47.9 Å². The van der Waals surface area contributed by atoms with Crippen molar-refractivity contribution in [1.29, 1.82) is 0 Å². The molecule has 0 aliphatic carbocycles. The van der Waals surface area contributed by atoms with E-state index in [2.05, 4.69) is 48.5 Å². The summed E-state index contributed by atoms with van der Waals surface area (Å²) in [6.45, 7) is 8.98. The Kier molecular flexibility index (Phi) is 8.55. The number of para-hydroxylation sites is 2. The third-order valence-electron chi connectivity index (χ3n) is 3.66. The number of ether oxygens (including phenoxy) is 2. The van der Waals surface area contributed by atoms with E-state index in [0.29, 0.717) is 6.54 Å². The van der Waals surface area contributed by atoms with Crippen LogP contribution in [-0.4, -0.2) is 64.9 Å². The molecule has 0 amide bonds. The first-order chi connectivity index (χ1) is 11.8. The molecule has 0 bridgehead atoms. The first-order valence-electron chi connectivity index (χ1n) is 8.66. The monoisotopic (exact) mass is 350 g/mol. The molecule has 0 spiro atoms. The van der Waals surface area contributed by atoms with Gasteiger partial charge in [-0.3, -0.25) is 4.99 Å². The Morgan fingerprint density at radius 1 is 1.20 bits per heavy atom. The third-order valence-corrected chi connectivity index (χ3v) is 3.66. The van der Waals surface area contributed by atoms with E-state index in [-0.39, 0.29) is 11.5 Å². The van der Waals surface area contributed by atoms with Crippen molar-refractivity contribution in [3.05, 3.63) is 24.3 Å². The zero-order valence-electron chi connectivity index (χ0n) is 16.7. The van der Waals surface area contributed by atoms with Crippen LogP contribution < -0.4 is 20.1 Å². The van der Waals surface area contributed by atoms with E-state index < -0.39 is 0 Å². The Morgan fingerprint density at radius 3 is 2.40 bits per heavy atom. The molecule has 6 heteroatoms. The second-order valence-corrected chi connectivity index (χ2v) is 7.29. The number of methoxy groups -OCH3 is 1. The van der Waals surface area contributed by atoms with Gasteiger partial charge in [-0.15, -0.1) is 0 Å². The molecular weight excluding hydrogens is 316 g/mol. The number of rotatable bonds is 9. The lowest BCUT2D eigenvalue weighted by molar-refractivity contribution is 0.213. The predicted octanol–water partition coefficient (Wildman–Crippen LogP) is 2.22. The van der Waals surface area contributed by atoms with Crippen LogP contribution in [0.25, 0.3) is 0 Å². The maximum absolute atomic E-state index is 5.95. The van der Waals surface area contributed by atoms with Gasteiger partial charge in [-0.05, 0) is 38.6 Å². The topological polar surface area (TPSA) is 58.1 Å². The molecule has 1 aromatic rings. The summed E-state index contributed by atoms with van der Waals surface area (Å²) in [5.41, 5.74) is 0.153. The van der Waals surface area contributed by atoms with Crippen LogP contribution in [-0.2, 0) is 0 Å². The van der Waals surface area contributed by atoms with Gasteiger partial charge in [-0.2, -0.15) is 0 Å². The quantitative estimate of drug-likeness (QED) is 0.528. The lowest BCUT2D eigenvalue weighted by atomic mass is 9.93. The molecule has 0 radical (unpaired) electrons. The minimum absolute atomic E-state index is 0.0235. The zero-order valence-corrected chi connectivity index (χ0v) is 16.7. The van der Waals surface area contributed by atoms with Gasteiger partial charge in [0.2, 0.25) is 0 Å². The van der Waals surface area contributed by atoms with E-state index in [0.717, 1.165) is 30.5 Å². The summed E-state index contributed by atoms with van der Waals surface area (Å²) in [7, 11) is 7.60. The fourth-order valence-electron chi connectivity index (χ4n) is 2.67. The van der Waals surface area contributed by atoms with E-state index in [4.69, 9.17) is 9.47 Å². The van der Waals surface area contributed by atoms with Gasteiger partial charge < -0.3 is 25.0 Å². The van der Waals surface area contributed by atoms with E-state index in [1.165, 1.54) is 0 Å². The molecule has 0 saturated carbocycles. The maximum atomic E-state index is 5.95. The SMILES string of the molecule is CN=C(NCC(C)Oc1ccccc1OC)NCC(C)(C)CN(C)C. The first kappa shape index (κ1) is 21.1. The van der Waals surface area contributed by atoms with Crippen molar-refractivity contribution in [3.8, 4) is 11.5 Å². The molecule has 0 heterocycles. The number of aliphatic imine (C=N–C) groups is 1. The first-order valence-corrected chi connectivity index (χ1v) is 8.66. The highest BCUT2D eigenvalue weighted by Gasteiger charge is 2.19. The molecule has 2 N–H and O–H groups in total. The highest BCUT2D eigenvalue weighted by Crippen LogP contribution is 2.26. The Balaban J connectivity index is 2.46. The second-order valence-electron chi connectivity index (χ2n) is 7.29. The normalized spacial score (nSPS) is 13.5. The van der Waals surface area contributed by atoms with Crippen LogP contribution in [0, 0.1) is 5.41 Å². The molecule has 1 unspecified atom stereocenters. The van der Waals surface area contributed by atoms with Crippen LogP contribution in [0.15, 0.2) is 29.3 Å². The van der Waals surface area contributed by atoms with Gasteiger partial charge in [0.05, 0.1) is 13.7 Å². The van der Waals surface area contributed by atoms with E-state index in [1.54, 1.807) is 14.2 Å². The highest BCUT2D eigenvalue weighted by atomic mass is 16.5. The van der Waals surface area contributed by atoms with E-state index >= 15 is 0 Å². The molecule has 142 valence electrons. The number of nitrogens with one attached hydrogen (secondary N) is 2. The summed E-state index contributed by atoms with van der Waals surface area (Å²) in [6, 6.07) is 7.66. The van der Waals surface area contributed by atoms with E-state index in [9.17, 15) is 0 Å². The molecule has 0 aliphatic rings. The van der Waals surface area contributed by atoms with Gasteiger partial charge in [0.15, 0.2) is 17.5 Å². The Morgan fingerprint density at radius 2 is 1.84 bits per heavy atom. The Hall–Kier alpha value is -1.95. The average molecular weight is 351 g/mol. The van der Waals surface area contributed by atoms with Gasteiger partial charge >= 0.3 is 0 Å². The van der Waals surface area contributed by atoms with Crippen molar-refractivity contribution in [2.45, 2.75) is 26.9 Å². The van der Waals surface area contributed by atoms with Crippen molar-refractivity contribution in [1.82, 2.24) is 15.5 Å². The van der Waals surface area contributed by atoms with Crippen molar-refractivity contribution >= 4 is 5.96 Å². The zero-order chi connectivity index (χ0) is 18.9. The number of hydrogen-bond donors (Lipinski definition) is 2. The van der Waals surface area contributed by atoms with Gasteiger partial charge in [0.1, 0.15) is 6.10 Å². The standard InChI is InChI=1S/C19H34N4O2/c1-15(25-17-11-9-8-10-16(17)24-7)12-21-18(20-4)22-13-19(2,3)14-23(5)6/h8-11,15H,12-14H2,1-7H3,(H2,20,21,22). The fraction of sp³-hybridized carbons (Fsp3) is 0.632. The summed E-state index contributed by atoms with van der Waals surface area (Å²) >= 11 is 0. The Bertz CT molecular complexity index is 544. The van der Waals surface area contributed by atoms with Crippen molar-refractivity contribution in [3.63, 3.8) is 0 Å². The smallest absolute Gasteiger partial charge is 0.191 e. The van der Waals surface area contributed by atoms with Gasteiger partial charge in [-0.25, -0.2) is 0 Å². The molecule has 0 aromatic heterocycles. The summed E-state index contributed by atoms with van der Waals surface area (Å²) in [4.78, 5) is 6.48. The van der Waals surface area contributed by atoms with E-state index in [1.807, 2.05) is 31.2 Å². The van der Waals surface area contributed by atoms with Crippen LogP contribution in [0.5, 0.6) is 11.5 Å². The van der Waals surface area contributed by atoms with Crippen LogP contribution in [0.2, 0.25) is 0 Å². The van der Waals surface area contributed by atoms with Gasteiger partial charge in [-0.1, -0.05) is 26.0 Å². The highest BCUT2D eigenvalue weighted by molar-refractivity contribution is 5.79. The molecule has 6 nitrogen and oxygen atoms in total. The average Bonchev–Trinajstić information content (AvgIpc) is 2.54. The summed E-state index contributed by atoms with van der Waals surface area (Å²) in [5, 5.41) is 6.70. The molecular formula is C19H34N4O2. The van der Waals surface area contributed by atoms with Crippen LogP contribution in [0.4, 0.5) is 0 Å². The minimum Gasteiger partial charge on any atom is -0.493 e. The number of benzene rings is 1. The molecule has 1 aromatic carbocycles. The van der Waals surface area contributed by atoms with Crippen LogP contribution >= 0.6 is 0 Å². The van der Waals surface area contributed by atoms with Crippen molar-refractivity contribution in [2.24, 2.45) is 10.4 Å². The largest absolute Gasteiger partial charge is 0.493 e. The molecule has 0 saturated heterocycles. The number of nitrogens with zero attached hydrogens (tertiary/aromatic N) is 2. The van der Waals surface area contributed by atoms with Gasteiger partial charge in [0.25, 0.3) is 0 Å². The molecule has 0 fully saturated rings. The Labute approximate surface area is 152 Å².